The van der Waals surface area contributed by atoms with Crippen molar-refractivity contribution in [2.24, 2.45) is 0 Å². The second kappa shape index (κ2) is 8.70. The minimum atomic E-state index is -0.530. The summed E-state index contributed by atoms with van der Waals surface area (Å²) in [7, 11) is 1.59. The molecule has 1 saturated heterocycles. The monoisotopic (exact) mass is 508 g/mol. The van der Waals surface area contributed by atoms with Gasteiger partial charge in [-0.25, -0.2) is 0 Å². The van der Waals surface area contributed by atoms with Crippen LogP contribution < -0.4 is 19.7 Å². The number of thiocarbonyl (C=S) groups is 1. The number of ether oxygens (including phenoxy) is 2. The van der Waals surface area contributed by atoms with Crippen molar-refractivity contribution in [1.82, 2.24) is 5.32 Å². The molecule has 0 unspecified atom stereocenters. The van der Waals surface area contributed by atoms with Gasteiger partial charge in [-0.1, -0.05) is 12.1 Å². The smallest absolute Gasteiger partial charge is 0.270 e. The van der Waals surface area contributed by atoms with Crippen molar-refractivity contribution in [2.45, 2.75) is 6.92 Å². The molecule has 2 aromatic carbocycles. The van der Waals surface area contributed by atoms with Crippen molar-refractivity contribution in [3.8, 4) is 11.5 Å². The molecule has 1 heterocycles. The quantitative estimate of drug-likeness (QED) is 0.290. The van der Waals surface area contributed by atoms with E-state index in [0.717, 1.165) is 9.32 Å². The number of hydrogen-bond acceptors (Lipinski definition) is 5. The lowest BCUT2D eigenvalue weighted by Crippen LogP contribution is -2.54. The van der Waals surface area contributed by atoms with Crippen molar-refractivity contribution in [1.29, 1.82) is 0 Å². The Bertz CT molecular complexity index is 990. The van der Waals surface area contributed by atoms with Crippen LogP contribution in [0.3, 0.4) is 0 Å². The Labute approximate surface area is 181 Å². The maximum Gasteiger partial charge on any atom is 0.270 e. The Hall–Kier alpha value is -2.46. The summed E-state index contributed by atoms with van der Waals surface area (Å²) in [4.78, 5) is 26.8. The molecule has 6 nitrogen and oxygen atoms in total. The highest BCUT2D eigenvalue weighted by molar-refractivity contribution is 14.1. The van der Waals surface area contributed by atoms with Gasteiger partial charge in [-0.15, -0.1) is 0 Å². The van der Waals surface area contributed by atoms with Crippen LogP contribution in [0.15, 0.2) is 48.0 Å². The lowest BCUT2D eigenvalue weighted by atomic mass is 10.1. The molecule has 1 aliphatic heterocycles. The first-order chi connectivity index (χ1) is 13.4. The largest absolute Gasteiger partial charge is 0.496 e. The molecular formula is C20H17IN2O4S. The third kappa shape index (κ3) is 4.17. The lowest BCUT2D eigenvalue weighted by molar-refractivity contribution is -0.122. The van der Waals surface area contributed by atoms with E-state index in [2.05, 4.69) is 27.9 Å². The third-order valence-corrected chi connectivity index (χ3v) is 5.10. The van der Waals surface area contributed by atoms with E-state index in [1.807, 2.05) is 13.0 Å². The Morgan fingerprint density at radius 2 is 2.00 bits per heavy atom. The van der Waals surface area contributed by atoms with Gasteiger partial charge in [0.1, 0.15) is 17.1 Å². The highest BCUT2D eigenvalue weighted by atomic mass is 127. The number of carbonyl (C=O) groups excluding carboxylic acids is 2. The van der Waals surface area contributed by atoms with Crippen LogP contribution in [0.25, 0.3) is 6.08 Å². The summed E-state index contributed by atoms with van der Waals surface area (Å²) in [6, 6.07) is 12.4. The predicted molar refractivity (Wildman–Crippen MR) is 120 cm³/mol. The third-order valence-electron chi connectivity index (χ3n) is 3.98. The molecule has 2 amide bonds. The molecule has 0 atom stereocenters. The second-order valence-electron chi connectivity index (χ2n) is 5.78. The van der Waals surface area contributed by atoms with Crippen LogP contribution in [0.1, 0.15) is 12.5 Å². The van der Waals surface area contributed by atoms with Gasteiger partial charge in [0, 0.05) is 6.07 Å². The van der Waals surface area contributed by atoms with Crippen molar-refractivity contribution < 1.29 is 19.1 Å². The molecule has 8 heteroatoms. The fraction of sp³-hybridized carbons (Fsp3) is 0.150. The molecule has 2 aromatic rings. The SMILES string of the molecule is CCOc1cccc(N2C(=O)/C(=C/c3ccc(OC)c(I)c3)C(=O)NC2=S)c1. The average molecular weight is 508 g/mol. The first kappa shape index (κ1) is 20.3. The topological polar surface area (TPSA) is 67.9 Å². The maximum absolute atomic E-state index is 13.1. The van der Waals surface area contributed by atoms with Crippen LogP contribution in [0, 0.1) is 3.57 Å². The summed E-state index contributed by atoms with van der Waals surface area (Å²) in [5.74, 6) is 0.312. The number of anilines is 1. The van der Waals surface area contributed by atoms with Gasteiger partial charge in [0.05, 0.1) is 23.0 Å². The molecule has 0 radical (unpaired) electrons. The van der Waals surface area contributed by atoms with E-state index < -0.39 is 11.8 Å². The molecule has 0 bridgehead atoms. The zero-order valence-electron chi connectivity index (χ0n) is 15.2. The van der Waals surface area contributed by atoms with Crippen LogP contribution in [-0.2, 0) is 9.59 Å². The molecule has 1 N–H and O–H groups in total. The molecule has 0 saturated carbocycles. The number of rotatable bonds is 5. The van der Waals surface area contributed by atoms with Crippen LogP contribution in [0.4, 0.5) is 5.69 Å². The zero-order valence-corrected chi connectivity index (χ0v) is 18.2. The summed E-state index contributed by atoms with van der Waals surface area (Å²) in [5, 5.41) is 2.61. The van der Waals surface area contributed by atoms with Crippen molar-refractivity contribution in [2.75, 3.05) is 18.6 Å². The summed E-state index contributed by atoms with van der Waals surface area (Å²) in [5.41, 5.74) is 1.23. The van der Waals surface area contributed by atoms with Gasteiger partial charge in [0.25, 0.3) is 11.8 Å². The van der Waals surface area contributed by atoms with Crippen molar-refractivity contribution >= 4 is 63.5 Å². The summed E-state index contributed by atoms with van der Waals surface area (Å²) in [6.07, 6.45) is 1.54. The lowest BCUT2D eigenvalue weighted by Gasteiger charge is -2.29. The molecule has 3 rings (SSSR count). The molecule has 0 spiro atoms. The number of hydrogen-bond donors (Lipinski definition) is 1. The number of halogens is 1. The van der Waals surface area contributed by atoms with E-state index in [0.29, 0.717) is 23.6 Å². The molecule has 0 aromatic heterocycles. The number of carbonyl (C=O) groups is 2. The average Bonchev–Trinajstić information content (AvgIpc) is 2.66. The molecule has 28 heavy (non-hydrogen) atoms. The molecule has 1 fully saturated rings. The van der Waals surface area contributed by atoms with E-state index in [-0.39, 0.29) is 10.7 Å². The van der Waals surface area contributed by atoms with Gasteiger partial charge in [-0.2, -0.15) is 0 Å². The molecular weight excluding hydrogens is 491 g/mol. The Morgan fingerprint density at radius 1 is 1.21 bits per heavy atom. The normalized spacial score (nSPS) is 15.6. The number of amides is 2. The summed E-state index contributed by atoms with van der Waals surface area (Å²) in [6.45, 7) is 2.38. The van der Waals surface area contributed by atoms with Crippen molar-refractivity contribution in [3.63, 3.8) is 0 Å². The van der Waals surface area contributed by atoms with Crippen molar-refractivity contribution in [3.05, 3.63) is 57.2 Å². The second-order valence-corrected chi connectivity index (χ2v) is 7.33. The van der Waals surface area contributed by atoms with E-state index in [4.69, 9.17) is 21.7 Å². The van der Waals surface area contributed by atoms with Gasteiger partial charge >= 0.3 is 0 Å². The number of benzene rings is 2. The number of methoxy groups -OCH3 is 1. The zero-order chi connectivity index (χ0) is 20.3. The summed E-state index contributed by atoms with van der Waals surface area (Å²) < 4.78 is 11.6. The fourth-order valence-electron chi connectivity index (χ4n) is 2.71. The van der Waals surface area contributed by atoms with Gasteiger partial charge in [-0.05, 0) is 77.6 Å². The predicted octanol–water partition coefficient (Wildman–Crippen LogP) is 3.53. The summed E-state index contributed by atoms with van der Waals surface area (Å²) >= 11 is 7.36. The van der Waals surface area contributed by atoms with Gasteiger partial charge < -0.3 is 9.47 Å². The minimum absolute atomic E-state index is 0.00335. The van der Waals surface area contributed by atoms with E-state index >= 15 is 0 Å². The molecule has 144 valence electrons. The van der Waals surface area contributed by atoms with Gasteiger partial charge in [0.2, 0.25) is 0 Å². The minimum Gasteiger partial charge on any atom is -0.496 e. The van der Waals surface area contributed by atoms with E-state index in [1.54, 1.807) is 49.6 Å². The Balaban J connectivity index is 1.98. The first-order valence-corrected chi connectivity index (χ1v) is 9.91. The molecule has 1 aliphatic rings. The Morgan fingerprint density at radius 3 is 2.68 bits per heavy atom. The van der Waals surface area contributed by atoms with Gasteiger partial charge in [0.15, 0.2) is 5.11 Å². The highest BCUT2D eigenvalue weighted by Gasteiger charge is 2.34. The van der Waals surface area contributed by atoms with Crippen LogP contribution in [-0.4, -0.2) is 30.6 Å². The number of nitrogens with one attached hydrogen (secondary N) is 1. The van der Waals surface area contributed by atoms with Crippen LogP contribution >= 0.6 is 34.8 Å². The first-order valence-electron chi connectivity index (χ1n) is 8.42. The van der Waals surface area contributed by atoms with Gasteiger partial charge in [-0.3, -0.25) is 19.8 Å². The fourth-order valence-corrected chi connectivity index (χ4v) is 3.75. The highest BCUT2D eigenvalue weighted by Crippen LogP contribution is 2.27. The van der Waals surface area contributed by atoms with E-state index in [1.165, 1.54) is 4.90 Å². The van der Waals surface area contributed by atoms with E-state index in [9.17, 15) is 9.59 Å². The maximum atomic E-state index is 13.1. The molecule has 0 aliphatic carbocycles. The van der Waals surface area contributed by atoms with Crippen LogP contribution in [0.5, 0.6) is 11.5 Å². The van der Waals surface area contributed by atoms with Crippen LogP contribution in [0.2, 0.25) is 0 Å². The number of nitrogens with zero attached hydrogens (tertiary/aromatic N) is 1. The Kier molecular flexibility index (Phi) is 6.30. The standard InChI is InChI=1S/C20H17IN2O4S/c1-3-27-14-6-4-5-13(11-14)23-19(25)15(18(24)22-20(23)28)9-12-7-8-17(26-2)16(21)10-12/h4-11H,3H2,1-2H3,(H,22,24,28)/b15-9+.